The highest BCUT2D eigenvalue weighted by Crippen LogP contribution is 2.29. The second kappa shape index (κ2) is 5.38. The van der Waals surface area contributed by atoms with E-state index in [1.807, 2.05) is 0 Å². The van der Waals surface area contributed by atoms with Gasteiger partial charge in [-0.2, -0.15) is 0 Å². The van der Waals surface area contributed by atoms with Crippen molar-refractivity contribution in [2.24, 2.45) is 0 Å². The van der Waals surface area contributed by atoms with Gasteiger partial charge in [-0.1, -0.05) is 0 Å². The maximum Gasteiger partial charge on any atom is 0.332 e. The number of carboxylic acids is 1. The van der Waals surface area contributed by atoms with Crippen molar-refractivity contribution in [3.8, 4) is 0 Å². The van der Waals surface area contributed by atoms with Crippen LogP contribution in [0.2, 0.25) is 0 Å². The van der Waals surface area contributed by atoms with E-state index in [1.54, 1.807) is 0 Å². The molecule has 2 bridgehead atoms. The average Bonchev–Trinajstić information content (AvgIpc) is 2.89. The summed E-state index contributed by atoms with van der Waals surface area (Å²) < 4.78 is 5.62. The number of hydrogen-bond acceptors (Lipinski definition) is 4. The minimum Gasteiger partial charge on any atom is -0.479 e. The summed E-state index contributed by atoms with van der Waals surface area (Å²) in [4.78, 5) is 15.9. The van der Waals surface area contributed by atoms with Gasteiger partial charge in [-0.05, 0) is 45.7 Å². The molecule has 3 heterocycles. The van der Waals surface area contributed by atoms with Crippen LogP contribution in [0.4, 0.5) is 0 Å². The summed E-state index contributed by atoms with van der Waals surface area (Å²) in [6.07, 6.45) is 4.98. The number of carbonyl (C=O) groups is 1. The summed E-state index contributed by atoms with van der Waals surface area (Å²) in [6, 6.07) is 1.44. The van der Waals surface area contributed by atoms with Gasteiger partial charge in [0, 0.05) is 25.2 Å². The van der Waals surface area contributed by atoms with Gasteiger partial charge in [0.1, 0.15) is 0 Å². The monoisotopic (exact) mass is 268 g/mol. The van der Waals surface area contributed by atoms with E-state index in [4.69, 9.17) is 9.84 Å². The van der Waals surface area contributed by atoms with Gasteiger partial charge < -0.3 is 9.84 Å². The van der Waals surface area contributed by atoms with E-state index in [0.29, 0.717) is 12.5 Å². The Morgan fingerprint density at radius 1 is 1.21 bits per heavy atom. The quantitative estimate of drug-likeness (QED) is 0.820. The Morgan fingerprint density at radius 2 is 2.00 bits per heavy atom. The molecule has 3 aliphatic rings. The standard InChI is InChI=1S/C14H24N2O3/c1-15-10-2-3-11(15)8-16(7-6-10)9-12-4-5-13(19-12)14(17)18/h10-13H,2-9H2,1H3,(H,17,18). The molecule has 0 aromatic heterocycles. The predicted octanol–water partition coefficient (Wildman–Crippen LogP) is 0.787. The van der Waals surface area contributed by atoms with Gasteiger partial charge in [0.05, 0.1) is 6.10 Å². The molecule has 5 nitrogen and oxygen atoms in total. The van der Waals surface area contributed by atoms with Crippen molar-refractivity contribution in [3.63, 3.8) is 0 Å². The van der Waals surface area contributed by atoms with E-state index in [2.05, 4.69) is 16.8 Å². The molecule has 4 unspecified atom stereocenters. The van der Waals surface area contributed by atoms with Gasteiger partial charge in [0.15, 0.2) is 6.10 Å². The van der Waals surface area contributed by atoms with Crippen LogP contribution < -0.4 is 0 Å². The lowest BCUT2D eigenvalue weighted by atomic mass is 10.1. The lowest BCUT2D eigenvalue weighted by molar-refractivity contribution is -0.149. The Bertz CT molecular complexity index is 350. The molecule has 0 amide bonds. The minimum atomic E-state index is -0.808. The molecule has 0 saturated carbocycles. The van der Waals surface area contributed by atoms with Crippen LogP contribution in [0.5, 0.6) is 0 Å². The fourth-order valence-corrected chi connectivity index (χ4v) is 3.85. The number of ether oxygens (including phenoxy) is 1. The van der Waals surface area contributed by atoms with Crippen molar-refractivity contribution >= 4 is 5.97 Å². The molecule has 3 fully saturated rings. The first-order valence-electron chi connectivity index (χ1n) is 7.46. The van der Waals surface area contributed by atoms with E-state index < -0.39 is 12.1 Å². The molecule has 3 rings (SSSR count). The molecule has 19 heavy (non-hydrogen) atoms. The van der Waals surface area contributed by atoms with Gasteiger partial charge in [-0.3, -0.25) is 9.80 Å². The number of likely N-dealkylation sites (tertiary alicyclic amines) is 1. The smallest absolute Gasteiger partial charge is 0.332 e. The van der Waals surface area contributed by atoms with E-state index in [0.717, 1.165) is 32.1 Å². The van der Waals surface area contributed by atoms with Crippen LogP contribution >= 0.6 is 0 Å². The molecule has 3 aliphatic heterocycles. The van der Waals surface area contributed by atoms with Crippen LogP contribution in [0.15, 0.2) is 0 Å². The Labute approximate surface area is 114 Å². The second-order valence-corrected chi connectivity index (χ2v) is 6.26. The van der Waals surface area contributed by atoms with Crippen LogP contribution in [-0.2, 0) is 9.53 Å². The zero-order valence-corrected chi connectivity index (χ0v) is 11.6. The van der Waals surface area contributed by atoms with Crippen LogP contribution in [0.1, 0.15) is 32.1 Å². The van der Waals surface area contributed by atoms with Crippen molar-refractivity contribution in [3.05, 3.63) is 0 Å². The third-order valence-electron chi connectivity index (χ3n) is 5.08. The van der Waals surface area contributed by atoms with E-state index in [-0.39, 0.29) is 6.10 Å². The lowest BCUT2D eigenvalue weighted by Gasteiger charge is -2.27. The molecule has 1 N–H and O–H groups in total. The fraction of sp³-hybridized carbons (Fsp3) is 0.929. The van der Waals surface area contributed by atoms with Crippen LogP contribution in [0.3, 0.4) is 0 Å². The number of hydrogen-bond donors (Lipinski definition) is 1. The molecule has 108 valence electrons. The molecule has 0 spiro atoms. The summed E-state index contributed by atoms with van der Waals surface area (Å²) in [5, 5.41) is 8.96. The molecule has 0 aliphatic carbocycles. The Hall–Kier alpha value is -0.650. The molecular formula is C14H24N2O3. The highest BCUT2D eigenvalue weighted by Gasteiger charge is 2.37. The molecule has 3 saturated heterocycles. The van der Waals surface area contributed by atoms with Crippen molar-refractivity contribution in [2.75, 3.05) is 26.7 Å². The topological polar surface area (TPSA) is 53.0 Å². The summed E-state index contributed by atoms with van der Waals surface area (Å²) in [5.41, 5.74) is 0. The normalized spacial score (nSPS) is 40.5. The first kappa shape index (κ1) is 13.3. The Balaban J connectivity index is 1.52. The van der Waals surface area contributed by atoms with E-state index in [9.17, 15) is 4.79 Å². The van der Waals surface area contributed by atoms with Gasteiger partial charge in [-0.25, -0.2) is 4.79 Å². The number of rotatable bonds is 3. The molecule has 5 heteroatoms. The zero-order chi connectivity index (χ0) is 13.4. The van der Waals surface area contributed by atoms with Crippen molar-refractivity contribution in [1.29, 1.82) is 0 Å². The maximum absolute atomic E-state index is 10.9. The van der Waals surface area contributed by atoms with Crippen LogP contribution in [0, 0.1) is 0 Å². The number of nitrogens with zero attached hydrogens (tertiary/aromatic N) is 2. The maximum atomic E-state index is 10.9. The van der Waals surface area contributed by atoms with Gasteiger partial charge >= 0.3 is 5.97 Å². The third-order valence-corrected chi connectivity index (χ3v) is 5.08. The lowest BCUT2D eigenvalue weighted by Crippen LogP contribution is -2.40. The first-order valence-corrected chi connectivity index (χ1v) is 7.46. The Kier molecular flexibility index (Phi) is 3.78. The minimum absolute atomic E-state index is 0.114. The second-order valence-electron chi connectivity index (χ2n) is 6.26. The first-order chi connectivity index (χ1) is 9.13. The van der Waals surface area contributed by atoms with Gasteiger partial charge in [0.25, 0.3) is 0 Å². The Morgan fingerprint density at radius 3 is 2.74 bits per heavy atom. The van der Waals surface area contributed by atoms with Crippen molar-refractivity contribution in [2.45, 2.75) is 56.4 Å². The number of likely N-dealkylation sites (N-methyl/N-ethyl adjacent to an activating group) is 1. The predicted molar refractivity (Wildman–Crippen MR) is 71.2 cm³/mol. The average molecular weight is 268 g/mol. The number of carboxylic acid groups (broad SMARTS) is 1. The molecule has 0 radical (unpaired) electrons. The molecule has 4 atom stereocenters. The largest absolute Gasteiger partial charge is 0.479 e. The molecule has 0 aromatic rings. The van der Waals surface area contributed by atoms with Crippen molar-refractivity contribution < 1.29 is 14.6 Å². The summed E-state index contributed by atoms with van der Waals surface area (Å²) in [5.74, 6) is -0.808. The molecule has 0 aromatic carbocycles. The summed E-state index contributed by atoms with van der Waals surface area (Å²) >= 11 is 0. The SMILES string of the molecule is CN1C2CCC1CN(CC1CCC(C(=O)O)O1)CC2. The summed E-state index contributed by atoms with van der Waals surface area (Å²) in [6.45, 7) is 3.15. The summed E-state index contributed by atoms with van der Waals surface area (Å²) in [7, 11) is 2.25. The molecular weight excluding hydrogens is 244 g/mol. The van der Waals surface area contributed by atoms with Crippen molar-refractivity contribution in [1.82, 2.24) is 9.80 Å². The third kappa shape index (κ3) is 2.78. The zero-order valence-electron chi connectivity index (χ0n) is 11.6. The highest BCUT2D eigenvalue weighted by molar-refractivity contribution is 5.72. The number of aliphatic carboxylic acids is 1. The number of fused-ring (bicyclic) bond motifs is 2. The fourth-order valence-electron chi connectivity index (χ4n) is 3.85. The van der Waals surface area contributed by atoms with Crippen LogP contribution in [-0.4, -0.2) is 71.8 Å². The van der Waals surface area contributed by atoms with E-state index in [1.165, 1.54) is 19.3 Å². The van der Waals surface area contributed by atoms with Gasteiger partial charge in [0.2, 0.25) is 0 Å². The highest BCUT2D eigenvalue weighted by atomic mass is 16.5. The van der Waals surface area contributed by atoms with E-state index >= 15 is 0 Å². The van der Waals surface area contributed by atoms with Gasteiger partial charge in [-0.15, -0.1) is 0 Å². The van der Waals surface area contributed by atoms with Crippen LogP contribution in [0.25, 0.3) is 0 Å².